The number of esters is 2. The van der Waals surface area contributed by atoms with Gasteiger partial charge in [0.1, 0.15) is 17.9 Å². The zero-order chi connectivity index (χ0) is 19.6. The summed E-state index contributed by atoms with van der Waals surface area (Å²) >= 11 is 3.40. The normalized spacial score (nSPS) is 15.8. The third-order valence-corrected chi connectivity index (χ3v) is 4.40. The Morgan fingerprint density at radius 3 is 2.30 bits per heavy atom. The minimum atomic E-state index is -1.27. The fourth-order valence-corrected chi connectivity index (χ4v) is 2.92. The number of carbonyl (C=O) groups is 2. The number of benzene rings is 2. The SMILES string of the molecule is Cc1ccc(COc2ccc(Br)cc2C=C2C(=O)OC(C)(C)OC2=O)cc1. The Labute approximate surface area is 166 Å². The Kier molecular flexibility index (Phi) is 5.37. The second kappa shape index (κ2) is 7.56. The van der Waals surface area contributed by atoms with Crippen LogP contribution in [0, 0.1) is 6.92 Å². The van der Waals surface area contributed by atoms with E-state index in [1.54, 1.807) is 12.1 Å². The van der Waals surface area contributed by atoms with Gasteiger partial charge in [-0.05, 0) is 36.8 Å². The van der Waals surface area contributed by atoms with Crippen LogP contribution >= 0.6 is 15.9 Å². The molecule has 1 fully saturated rings. The lowest BCUT2D eigenvalue weighted by atomic mass is 10.1. The molecule has 1 aliphatic heterocycles. The van der Waals surface area contributed by atoms with Crippen LogP contribution in [-0.4, -0.2) is 17.7 Å². The molecule has 6 heteroatoms. The van der Waals surface area contributed by atoms with Crippen molar-refractivity contribution >= 4 is 33.9 Å². The highest BCUT2D eigenvalue weighted by molar-refractivity contribution is 9.10. The first-order valence-corrected chi connectivity index (χ1v) is 9.19. The highest BCUT2D eigenvalue weighted by Crippen LogP contribution is 2.29. The van der Waals surface area contributed by atoms with E-state index in [0.29, 0.717) is 17.9 Å². The maximum absolute atomic E-state index is 12.2. The van der Waals surface area contributed by atoms with Crippen LogP contribution in [0.2, 0.25) is 0 Å². The third kappa shape index (κ3) is 4.77. The van der Waals surface area contributed by atoms with Gasteiger partial charge in [0.2, 0.25) is 0 Å². The number of rotatable bonds is 4. The molecule has 27 heavy (non-hydrogen) atoms. The molecule has 2 aromatic rings. The fraction of sp³-hybridized carbons (Fsp3) is 0.238. The van der Waals surface area contributed by atoms with E-state index >= 15 is 0 Å². The smallest absolute Gasteiger partial charge is 0.348 e. The number of halogens is 1. The molecule has 0 spiro atoms. The predicted octanol–water partition coefficient (Wildman–Crippen LogP) is 4.56. The molecule has 1 saturated heterocycles. The van der Waals surface area contributed by atoms with Crippen molar-refractivity contribution in [3.8, 4) is 5.75 Å². The third-order valence-electron chi connectivity index (χ3n) is 3.90. The highest BCUT2D eigenvalue weighted by Gasteiger charge is 2.39. The lowest BCUT2D eigenvalue weighted by Gasteiger charge is -2.29. The summed E-state index contributed by atoms with van der Waals surface area (Å²) in [6.45, 7) is 5.40. The monoisotopic (exact) mass is 430 g/mol. The van der Waals surface area contributed by atoms with Crippen molar-refractivity contribution < 1.29 is 23.8 Å². The Hall–Kier alpha value is -2.60. The molecule has 1 heterocycles. The van der Waals surface area contributed by atoms with Crippen molar-refractivity contribution in [2.24, 2.45) is 0 Å². The van der Waals surface area contributed by atoms with Gasteiger partial charge in [-0.3, -0.25) is 0 Å². The Morgan fingerprint density at radius 2 is 1.67 bits per heavy atom. The number of ether oxygens (including phenoxy) is 3. The molecule has 0 saturated carbocycles. The summed E-state index contributed by atoms with van der Waals surface area (Å²) in [4.78, 5) is 24.4. The van der Waals surface area contributed by atoms with E-state index < -0.39 is 17.7 Å². The van der Waals surface area contributed by atoms with Crippen LogP contribution in [0.1, 0.15) is 30.5 Å². The van der Waals surface area contributed by atoms with Crippen LogP contribution < -0.4 is 4.74 Å². The predicted molar refractivity (Wildman–Crippen MR) is 104 cm³/mol. The lowest BCUT2D eigenvalue weighted by Crippen LogP contribution is -2.41. The van der Waals surface area contributed by atoms with Crippen molar-refractivity contribution in [3.63, 3.8) is 0 Å². The molecule has 1 aliphatic rings. The van der Waals surface area contributed by atoms with E-state index in [4.69, 9.17) is 14.2 Å². The molecule has 0 unspecified atom stereocenters. The van der Waals surface area contributed by atoms with E-state index in [0.717, 1.165) is 10.0 Å². The number of hydrogen-bond donors (Lipinski definition) is 0. The van der Waals surface area contributed by atoms with E-state index in [2.05, 4.69) is 15.9 Å². The quantitative estimate of drug-likeness (QED) is 0.404. The molecule has 0 aromatic heterocycles. The van der Waals surface area contributed by atoms with Crippen LogP contribution in [0.5, 0.6) is 5.75 Å². The van der Waals surface area contributed by atoms with Crippen LogP contribution in [0.3, 0.4) is 0 Å². The maximum atomic E-state index is 12.2. The molecule has 5 nitrogen and oxygen atoms in total. The second-order valence-electron chi connectivity index (χ2n) is 6.69. The van der Waals surface area contributed by atoms with Crippen molar-refractivity contribution in [1.29, 1.82) is 0 Å². The van der Waals surface area contributed by atoms with Gasteiger partial charge in [0.15, 0.2) is 0 Å². The highest BCUT2D eigenvalue weighted by atomic mass is 79.9. The molecular weight excluding hydrogens is 412 g/mol. The summed E-state index contributed by atoms with van der Waals surface area (Å²) in [6, 6.07) is 13.4. The van der Waals surface area contributed by atoms with E-state index in [1.165, 1.54) is 25.5 Å². The van der Waals surface area contributed by atoms with Crippen molar-refractivity contribution in [3.05, 3.63) is 69.2 Å². The number of carbonyl (C=O) groups excluding carboxylic acids is 2. The van der Waals surface area contributed by atoms with Crippen LogP contribution in [0.4, 0.5) is 0 Å². The molecule has 140 valence electrons. The van der Waals surface area contributed by atoms with Gasteiger partial charge in [-0.1, -0.05) is 45.8 Å². The molecule has 0 radical (unpaired) electrons. The van der Waals surface area contributed by atoms with Crippen molar-refractivity contribution in [1.82, 2.24) is 0 Å². The van der Waals surface area contributed by atoms with Gasteiger partial charge < -0.3 is 14.2 Å². The van der Waals surface area contributed by atoms with Crippen LogP contribution in [0.25, 0.3) is 6.08 Å². The van der Waals surface area contributed by atoms with E-state index in [1.807, 2.05) is 37.3 Å². The van der Waals surface area contributed by atoms with Gasteiger partial charge >= 0.3 is 11.9 Å². The van der Waals surface area contributed by atoms with Gasteiger partial charge in [-0.25, -0.2) is 9.59 Å². The summed E-state index contributed by atoms with van der Waals surface area (Å²) < 4.78 is 17.0. The molecule has 0 bridgehead atoms. The average molecular weight is 431 g/mol. The second-order valence-corrected chi connectivity index (χ2v) is 7.61. The lowest BCUT2D eigenvalue weighted by molar-refractivity contribution is -0.222. The minimum Gasteiger partial charge on any atom is -0.488 e. The molecule has 2 aromatic carbocycles. The first-order chi connectivity index (χ1) is 12.7. The van der Waals surface area contributed by atoms with Crippen LogP contribution in [0.15, 0.2) is 52.5 Å². The zero-order valence-corrected chi connectivity index (χ0v) is 16.8. The summed E-state index contributed by atoms with van der Waals surface area (Å²) in [7, 11) is 0. The van der Waals surface area contributed by atoms with Crippen molar-refractivity contribution in [2.75, 3.05) is 0 Å². The number of aryl methyl sites for hydroxylation is 1. The Morgan fingerprint density at radius 1 is 1.04 bits per heavy atom. The van der Waals surface area contributed by atoms with E-state index in [-0.39, 0.29) is 5.57 Å². The molecule has 0 amide bonds. The standard InChI is InChI=1S/C21H19BrO5/c1-13-4-6-14(7-5-13)12-25-18-9-8-16(22)10-15(18)11-17-19(23)26-21(2,3)27-20(17)24/h4-11H,12H2,1-3H3. The molecule has 0 atom stereocenters. The minimum absolute atomic E-state index is 0.174. The fourth-order valence-electron chi connectivity index (χ4n) is 2.54. The van der Waals surface area contributed by atoms with Gasteiger partial charge in [0.05, 0.1) is 0 Å². The molecule has 0 aliphatic carbocycles. The largest absolute Gasteiger partial charge is 0.488 e. The summed E-state index contributed by atoms with van der Waals surface area (Å²) in [5.74, 6) is -2.17. The molecule has 3 rings (SSSR count). The average Bonchev–Trinajstić information content (AvgIpc) is 2.58. The van der Waals surface area contributed by atoms with Gasteiger partial charge in [-0.15, -0.1) is 0 Å². The molecule has 0 N–H and O–H groups in total. The number of hydrogen-bond acceptors (Lipinski definition) is 5. The van der Waals surface area contributed by atoms with Crippen molar-refractivity contribution in [2.45, 2.75) is 33.2 Å². The summed E-state index contributed by atoms with van der Waals surface area (Å²) in [5.41, 5.74) is 2.58. The first kappa shape index (κ1) is 19.2. The Bertz CT molecular complexity index is 891. The topological polar surface area (TPSA) is 61.8 Å². The van der Waals surface area contributed by atoms with Crippen LogP contribution in [-0.2, 0) is 25.7 Å². The van der Waals surface area contributed by atoms with E-state index in [9.17, 15) is 9.59 Å². The number of cyclic esters (lactones) is 2. The zero-order valence-electron chi connectivity index (χ0n) is 15.2. The Balaban J connectivity index is 1.87. The van der Waals surface area contributed by atoms with Gasteiger partial charge in [-0.2, -0.15) is 0 Å². The van der Waals surface area contributed by atoms with Gasteiger partial charge in [0.25, 0.3) is 5.79 Å². The van der Waals surface area contributed by atoms with Gasteiger partial charge in [0, 0.05) is 23.9 Å². The maximum Gasteiger partial charge on any atom is 0.348 e. The first-order valence-electron chi connectivity index (χ1n) is 8.40. The molecular formula is C21H19BrO5. The summed E-state index contributed by atoms with van der Waals surface area (Å²) in [5, 5.41) is 0. The summed E-state index contributed by atoms with van der Waals surface area (Å²) in [6.07, 6.45) is 1.43.